The van der Waals surface area contributed by atoms with Crippen LogP contribution >= 0.6 is 0 Å². The van der Waals surface area contributed by atoms with Crippen LogP contribution in [0.25, 0.3) is 0 Å². The van der Waals surface area contributed by atoms with E-state index in [9.17, 15) is 0 Å². The predicted octanol–water partition coefficient (Wildman–Crippen LogP) is 2.39. The third-order valence-corrected chi connectivity index (χ3v) is 3.30. The third kappa shape index (κ3) is 4.26. The van der Waals surface area contributed by atoms with E-state index < -0.39 is 0 Å². The van der Waals surface area contributed by atoms with Crippen molar-refractivity contribution in [1.29, 1.82) is 0 Å². The van der Waals surface area contributed by atoms with Crippen LogP contribution in [0.3, 0.4) is 0 Å². The van der Waals surface area contributed by atoms with Crippen LogP contribution in [0, 0.1) is 13.8 Å². The fourth-order valence-electron chi connectivity index (χ4n) is 2.42. The summed E-state index contributed by atoms with van der Waals surface area (Å²) in [7, 11) is 0. The molecule has 0 aromatic carbocycles. The molecule has 4 heteroatoms. The average Bonchev–Trinajstić information content (AvgIpc) is 2.35. The average molecular weight is 249 g/mol. The second-order valence-corrected chi connectivity index (χ2v) is 5.07. The van der Waals surface area contributed by atoms with Gasteiger partial charge in [0.15, 0.2) is 0 Å². The van der Waals surface area contributed by atoms with Gasteiger partial charge in [-0.25, -0.2) is 9.97 Å². The van der Waals surface area contributed by atoms with Crippen LogP contribution < -0.4 is 10.1 Å². The van der Waals surface area contributed by atoms with Crippen molar-refractivity contribution in [2.24, 2.45) is 0 Å². The second kappa shape index (κ2) is 6.69. The van der Waals surface area contributed by atoms with Crippen LogP contribution in [0.4, 0.5) is 0 Å². The van der Waals surface area contributed by atoms with Gasteiger partial charge in [0.2, 0.25) is 0 Å². The van der Waals surface area contributed by atoms with E-state index in [1.807, 2.05) is 19.9 Å². The lowest BCUT2D eigenvalue weighted by molar-refractivity contribution is 0.266. The minimum atomic E-state index is 0.518. The Hall–Kier alpha value is -1.16. The maximum atomic E-state index is 5.61. The molecule has 0 saturated carbocycles. The van der Waals surface area contributed by atoms with Gasteiger partial charge in [0.1, 0.15) is 0 Å². The molecule has 1 unspecified atom stereocenters. The molecule has 2 heterocycles. The molecule has 1 saturated heterocycles. The summed E-state index contributed by atoms with van der Waals surface area (Å²) in [4.78, 5) is 8.54. The van der Waals surface area contributed by atoms with Crippen molar-refractivity contribution < 1.29 is 4.74 Å². The first-order valence-corrected chi connectivity index (χ1v) is 6.92. The Morgan fingerprint density at radius 1 is 1.28 bits per heavy atom. The standard InChI is InChI=1S/C14H23N3O/c1-11-10-12(2)17-14(16-11)18-9-5-7-13-6-3-4-8-15-13/h10,13,15H,3-9H2,1-2H3. The lowest BCUT2D eigenvalue weighted by atomic mass is 10.0. The molecule has 1 fully saturated rings. The van der Waals surface area contributed by atoms with Gasteiger partial charge in [-0.3, -0.25) is 0 Å². The van der Waals surface area contributed by atoms with E-state index in [0.717, 1.165) is 17.8 Å². The van der Waals surface area contributed by atoms with Gasteiger partial charge in [-0.15, -0.1) is 0 Å². The van der Waals surface area contributed by atoms with Gasteiger partial charge in [-0.2, -0.15) is 0 Å². The molecule has 2 rings (SSSR count). The Balaban J connectivity index is 1.68. The largest absolute Gasteiger partial charge is 0.463 e. The first kappa shape index (κ1) is 13.3. The molecule has 1 aliphatic rings. The Labute approximate surface area is 109 Å². The zero-order valence-corrected chi connectivity index (χ0v) is 11.4. The molecule has 0 bridgehead atoms. The quantitative estimate of drug-likeness (QED) is 0.814. The Morgan fingerprint density at radius 3 is 2.72 bits per heavy atom. The number of aryl methyl sites for hydroxylation is 2. The van der Waals surface area contributed by atoms with Gasteiger partial charge in [0.25, 0.3) is 0 Å². The van der Waals surface area contributed by atoms with Gasteiger partial charge in [-0.1, -0.05) is 6.42 Å². The smallest absolute Gasteiger partial charge is 0.316 e. The van der Waals surface area contributed by atoms with E-state index in [1.54, 1.807) is 0 Å². The minimum Gasteiger partial charge on any atom is -0.463 e. The maximum absolute atomic E-state index is 5.61. The molecular weight excluding hydrogens is 226 g/mol. The van der Waals surface area contributed by atoms with E-state index in [2.05, 4.69) is 15.3 Å². The van der Waals surface area contributed by atoms with Crippen LogP contribution in [0.1, 0.15) is 43.5 Å². The molecule has 4 nitrogen and oxygen atoms in total. The summed E-state index contributed by atoms with van der Waals surface area (Å²) in [5, 5.41) is 3.55. The van der Waals surface area contributed by atoms with Crippen molar-refractivity contribution in [2.75, 3.05) is 13.2 Å². The fourth-order valence-corrected chi connectivity index (χ4v) is 2.42. The number of hydrogen-bond donors (Lipinski definition) is 1. The zero-order valence-electron chi connectivity index (χ0n) is 11.4. The molecule has 1 aromatic heterocycles. The molecule has 0 radical (unpaired) electrons. The summed E-state index contributed by atoms with van der Waals surface area (Å²) in [6.45, 7) is 5.81. The third-order valence-electron chi connectivity index (χ3n) is 3.30. The van der Waals surface area contributed by atoms with Gasteiger partial charge >= 0.3 is 6.01 Å². The van der Waals surface area contributed by atoms with Gasteiger partial charge in [0, 0.05) is 17.4 Å². The van der Waals surface area contributed by atoms with Crippen molar-refractivity contribution >= 4 is 0 Å². The van der Waals surface area contributed by atoms with E-state index in [4.69, 9.17) is 4.74 Å². The van der Waals surface area contributed by atoms with E-state index in [-0.39, 0.29) is 0 Å². The highest BCUT2D eigenvalue weighted by molar-refractivity contribution is 5.10. The summed E-state index contributed by atoms with van der Waals surface area (Å²) in [6, 6.07) is 3.16. The number of nitrogens with zero attached hydrogens (tertiary/aromatic N) is 2. The maximum Gasteiger partial charge on any atom is 0.316 e. The molecule has 0 spiro atoms. The molecule has 1 atom stereocenters. The number of aromatic nitrogens is 2. The van der Waals surface area contributed by atoms with Crippen molar-refractivity contribution in [3.63, 3.8) is 0 Å². The Bertz CT molecular complexity index is 355. The topological polar surface area (TPSA) is 47.0 Å². The van der Waals surface area contributed by atoms with Crippen molar-refractivity contribution in [2.45, 2.75) is 52.0 Å². The number of piperidine rings is 1. The normalized spacial score (nSPS) is 19.8. The van der Waals surface area contributed by atoms with Gasteiger partial charge in [-0.05, 0) is 52.1 Å². The number of ether oxygens (including phenoxy) is 1. The van der Waals surface area contributed by atoms with E-state index in [0.29, 0.717) is 18.7 Å². The van der Waals surface area contributed by atoms with E-state index >= 15 is 0 Å². The fraction of sp³-hybridized carbons (Fsp3) is 0.714. The van der Waals surface area contributed by atoms with Crippen LogP contribution in [0.2, 0.25) is 0 Å². The minimum absolute atomic E-state index is 0.518. The molecular formula is C14H23N3O. The predicted molar refractivity (Wildman–Crippen MR) is 71.9 cm³/mol. The highest BCUT2D eigenvalue weighted by atomic mass is 16.5. The second-order valence-electron chi connectivity index (χ2n) is 5.07. The van der Waals surface area contributed by atoms with Gasteiger partial charge < -0.3 is 10.1 Å². The first-order chi connectivity index (χ1) is 8.74. The molecule has 1 N–H and O–H groups in total. The van der Waals surface area contributed by atoms with Crippen molar-refractivity contribution in [3.8, 4) is 6.01 Å². The monoisotopic (exact) mass is 249 g/mol. The molecule has 0 amide bonds. The Kier molecular flexibility index (Phi) is 4.93. The van der Waals surface area contributed by atoms with Crippen LogP contribution in [0.5, 0.6) is 6.01 Å². The lowest BCUT2D eigenvalue weighted by Crippen LogP contribution is -2.34. The highest BCUT2D eigenvalue weighted by Crippen LogP contribution is 2.12. The summed E-state index contributed by atoms with van der Waals surface area (Å²) < 4.78 is 5.61. The summed E-state index contributed by atoms with van der Waals surface area (Å²) in [5.74, 6) is 0. The van der Waals surface area contributed by atoms with Crippen LogP contribution in [-0.4, -0.2) is 29.2 Å². The first-order valence-electron chi connectivity index (χ1n) is 6.92. The van der Waals surface area contributed by atoms with Crippen LogP contribution in [0.15, 0.2) is 6.07 Å². The lowest BCUT2D eigenvalue weighted by Gasteiger charge is -2.23. The van der Waals surface area contributed by atoms with E-state index in [1.165, 1.54) is 32.2 Å². The number of nitrogens with one attached hydrogen (secondary N) is 1. The van der Waals surface area contributed by atoms with Crippen LogP contribution in [-0.2, 0) is 0 Å². The molecule has 1 aromatic rings. The summed E-state index contributed by atoms with van der Waals surface area (Å²) in [5.41, 5.74) is 1.93. The number of hydrogen-bond acceptors (Lipinski definition) is 4. The summed E-state index contributed by atoms with van der Waals surface area (Å²) >= 11 is 0. The molecule has 100 valence electrons. The summed E-state index contributed by atoms with van der Waals surface area (Å²) in [6.07, 6.45) is 6.24. The SMILES string of the molecule is Cc1cc(C)nc(OCCCC2CCCCN2)n1. The molecule has 0 aliphatic carbocycles. The Morgan fingerprint density at radius 2 is 2.06 bits per heavy atom. The highest BCUT2D eigenvalue weighted by Gasteiger charge is 2.11. The van der Waals surface area contributed by atoms with Crippen molar-refractivity contribution in [1.82, 2.24) is 15.3 Å². The zero-order chi connectivity index (χ0) is 12.8. The molecule has 1 aliphatic heterocycles. The number of rotatable bonds is 5. The van der Waals surface area contributed by atoms with Gasteiger partial charge in [0.05, 0.1) is 6.61 Å². The molecule has 18 heavy (non-hydrogen) atoms. The van der Waals surface area contributed by atoms with Crippen molar-refractivity contribution in [3.05, 3.63) is 17.5 Å².